The van der Waals surface area contributed by atoms with Crippen LogP contribution in [0.2, 0.25) is 0 Å². The standard InChI is InChI=1S/C15H20N4O2S/c1-19(2)8-12(9-20)17-14(21)7-11-10-22-15(18-11)13-5-3-4-6-16-13/h3-6,10,12,20H,7-9H2,1-2H3,(H,17,21). The molecule has 0 aliphatic carbocycles. The number of thiazole rings is 1. The van der Waals surface area contributed by atoms with Gasteiger partial charge in [-0.3, -0.25) is 9.78 Å². The molecular formula is C15H20N4O2S. The van der Waals surface area contributed by atoms with Gasteiger partial charge in [0.25, 0.3) is 0 Å². The van der Waals surface area contributed by atoms with Gasteiger partial charge in [0, 0.05) is 18.1 Å². The molecule has 7 heteroatoms. The number of amides is 1. The zero-order valence-corrected chi connectivity index (χ0v) is 13.5. The number of rotatable bonds is 7. The smallest absolute Gasteiger partial charge is 0.226 e. The van der Waals surface area contributed by atoms with E-state index in [-0.39, 0.29) is 25.0 Å². The number of nitrogens with zero attached hydrogens (tertiary/aromatic N) is 3. The van der Waals surface area contributed by atoms with Crippen molar-refractivity contribution in [2.24, 2.45) is 0 Å². The van der Waals surface area contributed by atoms with Gasteiger partial charge in [0.2, 0.25) is 5.91 Å². The van der Waals surface area contributed by atoms with Gasteiger partial charge in [-0.2, -0.15) is 0 Å². The van der Waals surface area contributed by atoms with Crippen LogP contribution in [0.25, 0.3) is 10.7 Å². The van der Waals surface area contributed by atoms with Crippen molar-refractivity contribution in [3.63, 3.8) is 0 Å². The topological polar surface area (TPSA) is 78.4 Å². The number of carbonyl (C=O) groups is 1. The van der Waals surface area contributed by atoms with Crippen molar-refractivity contribution < 1.29 is 9.90 Å². The molecular weight excluding hydrogens is 300 g/mol. The molecule has 0 radical (unpaired) electrons. The van der Waals surface area contributed by atoms with Crippen molar-refractivity contribution in [3.8, 4) is 10.7 Å². The summed E-state index contributed by atoms with van der Waals surface area (Å²) >= 11 is 1.47. The lowest BCUT2D eigenvalue weighted by Crippen LogP contribution is -2.44. The number of aliphatic hydroxyl groups is 1. The molecule has 1 amide bonds. The molecule has 2 aromatic rings. The number of nitrogens with one attached hydrogen (secondary N) is 1. The SMILES string of the molecule is CN(C)CC(CO)NC(=O)Cc1csc(-c2ccccn2)n1. The third-order valence-electron chi connectivity index (χ3n) is 2.95. The molecule has 0 aliphatic rings. The fourth-order valence-electron chi connectivity index (χ4n) is 2.03. The first kappa shape index (κ1) is 16.5. The molecule has 2 aromatic heterocycles. The van der Waals surface area contributed by atoms with Crippen LogP contribution in [-0.4, -0.2) is 59.2 Å². The maximum absolute atomic E-state index is 12.0. The number of pyridine rings is 1. The van der Waals surface area contributed by atoms with Gasteiger partial charge in [-0.05, 0) is 26.2 Å². The predicted molar refractivity (Wildman–Crippen MR) is 86.6 cm³/mol. The van der Waals surface area contributed by atoms with Crippen molar-refractivity contribution in [3.05, 3.63) is 35.5 Å². The molecule has 2 rings (SSSR count). The highest BCUT2D eigenvalue weighted by molar-refractivity contribution is 7.13. The van der Waals surface area contributed by atoms with Crippen LogP contribution in [0.3, 0.4) is 0 Å². The summed E-state index contributed by atoms with van der Waals surface area (Å²) in [6, 6.07) is 5.38. The first-order valence-electron chi connectivity index (χ1n) is 6.99. The molecule has 6 nitrogen and oxygen atoms in total. The molecule has 0 saturated carbocycles. The summed E-state index contributed by atoms with van der Waals surface area (Å²) in [6.45, 7) is 0.513. The molecule has 118 valence electrons. The molecule has 0 saturated heterocycles. The molecule has 0 fully saturated rings. The lowest BCUT2D eigenvalue weighted by molar-refractivity contribution is -0.121. The van der Waals surface area contributed by atoms with Crippen LogP contribution >= 0.6 is 11.3 Å². The van der Waals surface area contributed by atoms with E-state index in [9.17, 15) is 9.90 Å². The summed E-state index contributed by atoms with van der Waals surface area (Å²) in [5.74, 6) is -0.140. The number of aliphatic hydroxyl groups excluding tert-OH is 1. The zero-order valence-electron chi connectivity index (χ0n) is 12.7. The van der Waals surface area contributed by atoms with E-state index in [2.05, 4.69) is 15.3 Å². The molecule has 0 aliphatic heterocycles. The van der Waals surface area contributed by atoms with Gasteiger partial charge in [-0.25, -0.2) is 4.98 Å². The number of likely N-dealkylation sites (N-methyl/N-ethyl adjacent to an activating group) is 1. The van der Waals surface area contributed by atoms with Crippen LogP contribution in [0.1, 0.15) is 5.69 Å². The number of carbonyl (C=O) groups excluding carboxylic acids is 1. The first-order valence-corrected chi connectivity index (χ1v) is 7.87. The van der Waals surface area contributed by atoms with E-state index in [0.717, 1.165) is 10.7 Å². The van der Waals surface area contributed by atoms with Crippen LogP contribution in [0.15, 0.2) is 29.8 Å². The zero-order chi connectivity index (χ0) is 15.9. The molecule has 0 aromatic carbocycles. The molecule has 1 atom stereocenters. The van der Waals surface area contributed by atoms with E-state index in [0.29, 0.717) is 12.2 Å². The Labute approximate surface area is 133 Å². The van der Waals surface area contributed by atoms with Crippen LogP contribution < -0.4 is 5.32 Å². The summed E-state index contributed by atoms with van der Waals surface area (Å²) in [6.07, 6.45) is 1.92. The Bertz CT molecular complexity index is 601. The fourth-order valence-corrected chi connectivity index (χ4v) is 2.82. The van der Waals surface area contributed by atoms with Crippen molar-refractivity contribution in [1.82, 2.24) is 20.2 Å². The van der Waals surface area contributed by atoms with Crippen LogP contribution in [0.5, 0.6) is 0 Å². The minimum absolute atomic E-state index is 0.0832. The minimum atomic E-state index is -0.267. The highest BCUT2D eigenvalue weighted by atomic mass is 32.1. The van der Waals surface area contributed by atoms with Gasteiger partial charge in [-0.15, -0.1) is 11.3 Å². The third-order valence-corrected chi connectivity index (χ3v) is 3.86. The molecule has 0 spiro atoms. The quantitative estimate of drug-likeness (QED) is 0.788. The van der Waals surface area contributed by atoms with Gasteiger partial charge in [0.1, 0.15) is 5.01 Å². The second-order valence-electron chi connectivity index (χ2n) is 5.25. The lowest BCUT2D eigenvalue weighted by atomic mass is 10.2. The highest BCUT2D eigenvalue weighted by Gasteiger charge is 2.14. The first-order chi connectivity index (χ1) is 10.6. The van der Waals surface area contributed by atoms with Crippen LogP contribution in [-0.2, 0) is 11.2 Å². The minimum Gasteiger partial charge on any atom is -0.394 e. The lowest BCUT2D eigenvalue weighted by Gasteiger charge is -2.20. The van der Waals surface area contributed by atoms with Crippen LogP contribution in [0.4, 0.5) is 0 Å². The Morgan fingerprint density at radius 2 is 2.27 bits per heavy atom. The average Bonchev–Trinajstić information content (AvgIpc) is 2.95. The van der Waals surface area contributed by atoms with E-state index >= 15 is 0 Å². The molecule has 2 heterocycles. The van der Waals surface area contributed by atoms with E-state index in [1.807, 2.05) is 42.6 Å². The van der Waals surface area contributed by atoms with Crippen molar-refractivity contribution in [2.75, 3.05) is 27.2 Å². The Hall–Kier alpha value is -1.83. The predicted octanol–water partition coefficient (Wildman–Crippen LogP) is 0.786. The Kier molecular flexibility index (Phi) is 6.00. The van der Waals surface area contributed by atoms with Gasteiger partial charge < -0.3 is 15.3 Å². The molecule has 22 heavy (non-hydrogen) atoms. The van der Waals surface area contributed by atoms with E-state index in [1.165, 1.54) is 11.3 Å². The summed E-state index contributed by atoms with van der Waals surface area (Å²) in [4.78, 5) is 22.6. The van der Waals surface area contributed by atoms with E-state index < -0.39 is 0 Å². The Morgan fingerprint density at radius 1 is 1.45 bits per heavy atom. The monoisotopic (exact) mass is 320 g/mol. The maximum Gasteiger partial charge on any atom is 0.226 e. The normalized spacial score (nSPS) is 12.4. The second-order valence-corrected chi connectivity index (χ2v) is 6.10. The number of aromatic nitrogens is 2. The summed E-state index contributed by atoms with van der Waals surface area (Å²) < 4.78 is 0. The molecule has 2 N–H and O–H groups in total. The van der Waals surface area contributed by atoms with Gasteiger partial charge in [0.05, 0.1) is 30.5 Å². The second kappa shape index (κ2) is 7.98. The van der Waals surface area contributed by atoms with E-state index in [4.69, 9.17) is 0 Å². The van der Waals surface area contributed by atoms with Crippen molar-refractivity contribution in [2.45, 2.75) is 12.5 Å². The number of hydrogen-bond donors (Lipinski definition) is 2. The Balaban J connectivity index is 1.94. The average molecular weight is 320 g/mol. The van der Waals surface area contributed by atoms with Crippen molar-refractivity contribution >= 4 is 17.2 Å². The highest BCUT2D eigenvalue weighted by Crippen LogP contribution is 2.21. The summed E-state index contributed by atoms with van der Waals surface area (Å²) in [5, 5.41) is 14.8. The Morgan fingerprint density at radius 3 is 2.91 bits per heavy atom. The van der Waals surface area contributed by atoms with Crippen LogP contribution in [0, 0.1) is 0 Å². The van der Waals surface area contributed by atoms with Crippen molar-refractivity contribution in [1.29, 1.82) is 0 Å². The van der Waals surface area contributed by atoms with Gasteiger partial charge >= 0.3 is 0 Å². The summed E-state index contributed by atoms with van der Waals surface area (Å²) in [5.41, 5.74) is 1.52. The maximum atomic E-state index is 12.0. The molecule has 0 bridgehead atoms. The summed E-state index contributed by atoms with van der Waals surface area (Å²) in [7, 11) is 3.79. The van der Waals surface area contributed by atoms with Gasteiger partial charge in [0.15, 0.2) is 0 Å². The van der Waals surface area contributed by atoms with Gasteiger partial charge in [-0.1, -0.05) is 6.07 Å². The number of hydrogen-bond acceptors (Lipinski definition) is 6. The third kappa shape index (κ3) is 4.87. The molecule has 1 unspecified atom stereocenters. The van der Waals surface area contributed by atoms with E-state index in [1.54, 1.807) is 6.20 Å². The fraction of sp³-hybridized carbons (Fsp3) is 0.400. The largest absolute Gasteiger partial charge is 0.394 e.